The van der Waals surface area contributed by atoms with E-state index in [-0.39, 0.29) is 36.6 Å². The maximum atomic E-state index is 13.6. The van der Waals surface area contributed by atoms with Crippen molar-refractivity contribution in [1.29, 1.82) is 0 Å². The Morgan fingerprint density at radius 2 is 1.26 bits per heavy atom. The maximum Gasteiger partial charge on any atom is 0.418 e. The number of carbonyl (C=O) groups is 4. The third kappa shape index (κ3) is 5.19. The van der Waals surface area contributed by atoms with Gasteiger partial charge in [0.2, 0.25) is 11.8 Å². The molecule has 0 spiro atoms. The Kier molecular flexibility index (Phi) is 7.54. The van der Waals surface area contributed by atoms with Crippen LogP contribution in [0, 0.1) is 11.8 Å². The van der Waals surface area contributed by atoms with Crippen LogP contribution in [0.2, 0.25) is 0 Å². The predicted molar refractivity (Wildman–Crippen MR) is 150 cm³/mol. The molecule has 222 valence electrons. The fourth-order valence-electron chi connectivity index (χ4n) is 6.92. The lowest BCUT2D eigenvalue weighted by Gasteiger charge is -2.45. The first-order chi connectivity index (χ1) is 20.7. The van der Waals surface area contributed by atoms with Gasteiger partial charge in [-0.3, -0.25) is 24.1 Å². The highest BCUT2D eigenvalue weighted by Gasteiger charge is 2.61. The second-order valence-electron chi connectivity index (χ2n) is 11.2. The van der Waals surface area contributed by atoms with Crippen molar-refractivity contribution in [2.45, 2.75) is 43.7 Å². The number of unbranched alkanes of at least 4 members (excludes halogenated alkanes) is 2. The summed E-state index contributed by atoms with van der Waals surface area (Å²) in [5.74, 6) is -2.99. The number of carbonyl (C=O) groups excluding carboxylic acids is 4. The molecule has 1 saturated heterocycles. The van der Waals surface area contributed by atoms with Crippen LogP contribution in [0.4, 0.5) is 18.9 Å². The molecule has 43 heavy (non-hydrogen) atoms. The van der Waals surface area contributed by atoms with E-state index in [1.54, 1.807) is 0 Å². The number of nitrogens with one attached hydrogen (secondary N) is 1. The highest BCUT2D eigenvalue weighted by Crippen LogP contribution is 2.60. The van der Waals surface area contributed by atoms with Gasteiger partial charge < -0.3 is 10.1 Å². The molecule has 2 atom stereocenters. The Hall–Kier alpha value is -4.47. The fourth-order valence-corrected chi connectivity index (χ4v) is 6.92. The molecule has 3 aromatic carbocycles. The molecule has 3 amide bonds. The van der Waals surface area contributed by atoms with E-state index in [9.17, 15) is 32.3 Å². The molecule has 1 fully saturated rings. The Balaban J connectivity index is 0.989. The van der Waals surface area contributed by atoms with E-state index in [1.165, 1.54) is 17.0 Å². The lowest BCUT2D eigenvalue weighted by Crippen LogP contribution is -2.41. The van der Waals surface area contributed by atoms with Gasteiger partial charge in [-0.05, 0) is 47.2 Å². The van der Waals surface area contributed by atoms with Crippen LogP contribution in [0.1, 0.15) is 65.3 Å². The van der Waals surface area contributed by atoms with Crippen LogP contribution in [-0.2, 0) is 30.1 Å². The molecule has 4 aliphatic rings. The van der Waals surface area contributed by atoms with Gasteiger partial charge in [0.1, 0.15) is 0 Å². The number of nitrogens with zero attached hydrogens (tertiary/aromatic N) is 1. The molecule has 0 aromatic heterocycles. The molecular formula is C33H29F3N2O5. The Morgan fingerprint density at radius 1 is 0.744 bits per heavy atom. The number of hydrogen-bond acceptors (Lipinski definition) is 5. The summed E-state index contributed by atoms with van der Waals surface area (Å²) in [5, 5.41) is 2.13. The topological polar surface area (TPSA) is 92.8 Å². The van der Waals surface area contributed by atoms with Crippen molar-refractivity contribution >= 4 is 29.4 Å². The number of hydrogen-bond donors (Lipinski definition) is 1. The van der Waals surface area contributed by atoms with Gasteiger partial charge in [-0.2, -0.15) is 13.2 Å². The summed E-state index contributed by atoms with van der Waals surface area (Å²) in [6, 6.07) is 20.7. The molecule has 7 rings (SSSR count). The van der Waals surface area contributed by atoms with Crippen molar-refractivity contribution in [3.05, 3.63) is 101 Å². The molecule has 1 N–H and O–H groups in total. The van der Waals surface area contributed by atoms with Crippen molar-refractivity contribution in [3.63, 3.8) is 0 Å². The lowest BCUT2D eigenvalue weighted by atomic mass is 9.55. The number of anilines is 1. The molecule has 0 radical (unpaired) electrons. The number of alkyl halides is 3. The lowest BCUT2D eigenvalue weighted by molar-refractivity contribution is -0.147. The first-order valence-electron chi connectivity index (χ1n) is 14.3. The third-order valence-electron chi connectivity index (χ3n) is 8.67. The maximum absolute atomic E-state index is 13.6. The number of amides is 3. The van der Waals surface area contributed by atoms with Gasteiger partial charge in [0.05, 0.1) is 23.1 Å². The van der Waals surface area contributed by atoms with Crippen LogP contribution in [0.15, 0.2) is 72.8 Å². The first-order valence-corrected chi connectivity index (χ1v) is 14.3. The zero-order valence-electron chi connectivity index (χ0n) is 23.1. The Bertz CT molecular complexity index is 1490. The molecule has 1 aliphatic heterocycles. The second-order valence-corrected chi connectivity index (χ2v) is 11.2. The van der Waals surface area contributed by atoms with Crippen LogP contribution < -0.4 is 5.32 Å². The van der Waals surface area contributed by atoms with Gasteiger partial charge in [0, 0.05) is 24.8 Å². The number of rotatable bonds is 9. The molecule has 0 saturated carbocycles. The second kappa shape index (κ2) is 11.3. The number of para-hydroxylation sites is 1. The van der Waals surface area contributed by atoms with Crippen LogP contribution in [0.25, 0.3) is 0 Å². The van der Waals surface area contributed by atoms with Crippen LogP contribution in [0.3, 0.4) is 0 Å². The van der Waals surface area contributed by atoms with Crippen LogP contribution in [-0.4, -0.2) is 41.7 Å². The number of likely N-dealkylation sites (tertiary alicyclic amines) is 1. The minimum atomic E-state index is -4.64. The van der Waals surface area contributed by atoms with Gasteiger partial charge in [-0.1, -0.05) is 67.1 Å². The van der Waals surface area contributed by atoms with Gasteiger partial charge in [0.25, 0.3) is 5.91 Å². The Labute approximate surface area is 246 Å². The standard InChI is InChI=1S/C33H29F3N2O5/c34-33(35,36)23-14-7-8-15-24(23)37-25(39)18-43-26(40)16-2-1-9-17-38-31(41)29-27-19-10-3-4-11-20(19)28(30(29)32(38)42)22-13-6-5-12-21(22)27/h3-8,10-15,27-30H,1-2,9,16-18H2,(H,37,39)/t27?,28?,29-,30-/m0/s1. The number of ether oxygens (including phenoxy) is 1. The summed E-state index contributed by atoms with van der Waals surface area (Å²) in [5.41, 5.74) is 3.06. The highest BCUT2D eigenvalue weighted by atomic mass is 19.4. The average Bonchev–Trinajstić information content (AvgIpc) is 3.25. The van der Waals surface area contributed by atoms with Crippen molar-refractivity contribution in [3.8, 4) is 0 Å². The average molecular weight is 591 g/mol. The quantitative estimate of drug-likeness (QED) is 0.198. The number of imide groups is 1. The summed E-state index contributed by atoms with van der Waals surface area (Å²) in [6.07, 6.45) is -3.19. The van der Waals surface area contributed by atoms with Crippen molar-refractivity contribution in [2.24, 2.45) is 11.8 Å². The minimum absolute atomic E-state index is 0.00563. The molecule has 2 bridgehead atoms. The first kappa shape index (κ1) is 28.6. The van der Waals surface area contributed by atoms with Gasteiger partial charge in [-0.25, -0.2) is 0 Å². The summed E-state index contributed by atoms with van der Waals surface area (Å²) < 4.78 is 44.2. The molecule has 1 heterocycles. The summed E-state index contributed by atoms with van der Waals surface area (Å²) in [4.78, 5) is 52.8. The smallest absolute Gasteiger partial charge is 0.418 e. The zero-order chi connectivity index (χ0) is 30.3. The van der Waals surface area contributed by atoms with E-state index in [2.05, 4.69) is 29.6 Å². The highest BCUT2D eigenvalue weighted by molar-refractivity contribution is 6.07. The number of benzene rings is 3. The summed E-state index contributed by atoms with van der Waals surface area (Å²) >= 11 is 0. The van der Waals surface area contributed by atoms with Gasteiger partial charge in [0.15, 0.2) is 6.61 Å². The molecular weight excluding hydrogens is 561 g/mol. The van der Waals surface area contributed by atoms with Crippen molar-refractivity contribution < 1.29 is 37.1 Å². The molecule has 10 heteroatoms. The number of halogens is 3. The number of esters is 1. The van der Waals surface area contributed by atoms with E-state index in [4.69, 9.17) is 4.74 Å². The zero-order valence-corrected chi connectivity index (χ0v) is 23.1. The summed E-state index contributed by atoms with van der Waals surface area (Å²) in [6.45, 7) is -0.454. The van der Waals surface area contributed by atoms with Crippen LogP contribution in [0.5, 0.6) is 0 Å². The Morgan fingerprint density at radius 3 is 1.79 bits per heavy atom. The summed E-state index contributed by atoms with van der Waals surface area (Å²) in [7, 11) is 0. The van der Waals surface area contributed by atoms with Crippen LogP contribution >= 0.6 is 0 Å². The molecule has 3 aliphatic carbocycles. The van der Waals surface area contributed by atoms with Crippen molar-refractivity contribution in [2.75, 3.05) is 18.5 Å². The van der Waals surface area contributed by atoms with Gasteiger partial charge >= 0.3 is 12.1 Å². The third-order valence-corrected chi connectivity index (χ3v) is 8.67. The molecule has 0 unspecified atom stereocenters. The molecule has 3 aromatic rings. The fraction of sp³-hybridized carbons (Fsp3) is 0.333. The van der Waals surface area contributed by atoms with E-state index >= 15 is 0 Å². The van der Waals surface area contributed by atoms with E-state index in [1.807, 2.05) is 24.3 Å². The van der Waals surface area contributed by atoms with E-state index in [0.717, 1.165) is 34.4 Å². The molecule has 7 nitrogen and oxygen atoms in total. The SMILES string of the molecule is O=C(COC(=O)CCCCCN1C(=O)[C@H]2C3c4ccccc4C(c4ccccc43)[C@@H]2C1=O)Nc1ccccc1C(F)(F)F. The largest absolute Gasteiger partial charge is 0.456 e. The van der Waals surface area contributed by atoms with E-state index in [0.29, 0.717) is 19.3 Å². The predicted octanol–water partition coefficient (Wildman–Crippen LogP) is 5.64. The minimum Gasteiger partial charge on any atom is -0.456 e. The van der Waals surface area contributed by atoms with E-state index < -0.39 is 47.7 Å². The van der Waals surface area contributed by atoms with Gasteiger partial charge in [-0.15, -0.1) is 0 Å². The monoisotopic (exact) mass is 590 g/mol. The normalized spacial score (nSPS) is 21.7. The van der Waals surface area contributed by atoms with Crippen molar-refractivity contribution in [1.82, 2.24) is 4.90 Å².